The van der Waals surface area contributed by atoms with E-state index in [1.165, 1.54) is 10.4 Å². The van der Waals surface area contributed by atoms with Crippen LogP contribution in [0.3, 0.4) is 0 Å². The minimum atomic E-state index is -3.72. The zero-order chi connectivity index (χ0) is 16.3. The summed E-state index contributed by atoms with van der Waals surface area (Å²) in [5, 5.41) is 10.9. The van der Waals surface area contributed by atoms with Gasteiger partial charge < -0.3 is 14.6 Å². The molecule has 1 aromatic carbocycles. The van der Waals surface area contributed by atoms with Gasteiger partial charge in [-0.3, -0.25) is 0 Å². The molecule has 0 atom stereocenters. The van der Waals surface area contributed by atoms with Crippen molar-refractivity contribution in [3.63, 3.8) is 0 Å². The van der Waals surface area contributed by atoms with E-state index in [1.54, 1.807) is 19.1 Å². The molecule has 1 aliphatic rings. The van der Waals surface area contributed by atoms with Crippen LogP contribution in [0.25, 0.3) is 0 Å². The van der Waals surface area contributed by atoms with Crippen LogP contribution in [0.5, 0.6) is 5.75 Å². The molecule has 0 unspecified atom stereocenters. The van der Waals surface area contributed by atoms with E-state index in [2.05, 4.69) is 15.9 Å². The van der Waals surface area contributed by atoms with E-state index in [0.717, 1.165) is 0 Å². The lowest BCUT2D eigenvalue weighted by Gasteiger charge is -2.31. The summed E-state index contributed by atoms with van der Waals surface area (Å²) in [5.74, 6) is -1.40. The third-order valence-corrected chi connectivity index (χ3v) is 6.02. The molecule has 2 rings (SSSR count). The maximum Gasteiger partial charge on any atom is 0.246 e. The number of hydrogen-bond donors (Lipinski definition) is 0. The van der Waals surface area contributed by atoms with Crippen molar-refractivity contribution >= 4 is 31.9 Å². The Kier molecular flexibility index (Phi) is 5.46. The van der Waals surface area contributed by atoms with Crippen molar-refractivity contribution in [3.8, 4) is 5.75 Å². The van der Waals surface area contributed by atoms with Gasteiger partial charge in [0.25, 0.3) is 0 Å². The van der Waals surface area contributed by atoms with Gasteiger partial charge in [-0.15, -0.1) is 0 Å². The number of carbonyl (C=O) groups excluding carboxylic acids is 1. The average Bonchev–Trinajstić information content (AvgIpc) is 2.49. The lowest BCUT2D eigenvalue weighted by molar-refractivity contribution is -0.312. The van der Waals surface area contributed by atoms with Gasteiger partial charge in [0.05, 0.1) is 6.61 Å². The van der Waals surface area contributed by atoms with Crippen molar-refractivity contribution in [2.75, 3.05) is 19.7 Å². The number of sulfonamides is 1. The first kappa shape index (κ1) is 17.2. The Morgan fingerprint density at radius 3 is 2.59 bits per heavy atom. The van der Waals surface area contributed by atoms with Crippen LogP contribution in [0.4, 0.5) is 0 Å². The van der Waals surface area contributed by atoms with E-state index in [9.17, 15) is 18.3 Å². The summed E-state index contributed by atoms with van der Waals surface area (Å²) in [4.78, 5) is 11.0. The fraction of sp³-hybridized carbons (Fsp3) is 0.500. The molecule has 0 N–H and O–H groups in total. The van der Waals surface area contributed by atoms with E-state index in [-0.39, 0.29) is 30.8 Å². The van der Waals surface area contributed by atoms with Crippen molar-refractivity contribution in [2.45, 2.75) is 24.7 Å². The molecule has 0 aliphatic carbocycles. The topological polar surface area (TPSA) is 86.7 Å². The van der Waals surface area contributed by atoms with Crippen LogP contribution in [0.2, 0.25) is 0 Å². The van der Waals surface area contributed by atoms with Crippen LogP contribution in [0, 0.1) is 5.92 Å². The first-order valence-electron chi connectivity index (χ1n) is 6.99. The number of ether oxygens (including phenoxy) is 1. The van der Waals surface area contributed by atoms with Crippen LogP contribution in [0.1, 0.15) is 19.8 Å². The Hall–Kier alpha value is -1.12. The van der Waals surface area contributed by atoms with E-state index in [1.807, 2.05) is 0 Å². The van der Waals surface area contributed by atoms with Crippen LogP contribution in [-0.2, 0) is 14.8 Å². The summed E-state index contributed by atoms with van der Waals surface area (Å²) in [6, 6.07) is 4.83. The molecular formula is C14H17BrNO5S-. The van der Waals surface area contributed by atoms with E-state index in [0.29, 0.717) is 16.8 Å². The Balaban J connectivity index is 2.28. The number of benzene rings is 1. The molecule has 0 saturated carbocycles. The van der Waals surface area contributed by atoms with E-state index >= 15 is 0 Å². The first-order valence-corrected chi connectivity index (χ1v) is 9.23. The zero-order valence-corrected chi connectivity index (χ0v) is 14.5. The molecule has 22 heavy (non-hydrogen) atoms. The minimum Gasteiger partial charge on any atom is -0.550 e. The molecule has 122 valence electrons. The smallest absolute Gasteiger partial charge is 0.246 e. The number of carboxylic acids is 1. The summed E-state index contributed by atoms with van der Waals surface area (Å²) < 4.78 is 32.9. The molecule has 8 heteroatoms. The molecule has 1 aromatic rings. The summed E-state index contributed by atoms with van der Waals surface area (Å²) in [5.41, 5.74) is 0. The Labute approximate surface area is 138 Å². The predicted octanol–water partition coefficient (Wildman–Crippen LogP) is 0.998. The molecule has 0 aromatic heterocycles. The van der Waals surface area contributed by atoms with E-state index in [4.69, 9.17) is 4.74 Å². The SMILES string of the molecule is CCOc1ccc(Br)cc1S(=O)(=O)N1CCC(C(=O)[O-])CC1. The molecule has 0 spiro atoms. The molecular weight excluding hydrogens is 374 g/mol. The number of aliphatic carboxylic acids is 1. The molecule has 0 amide bonds. The molecule has 1 heterocycles. The van der Waals surface area contributed by atoms with Gasteiger partial charge >= 0.3 is 0 Å². The monoisotopic (exact) mass is 390 g/mol. The largest absolute Gasteiger partial charge is 0.550 e. The number of carbonyl (C=O) groups is 1. The number of piperidine rings is 1. The summed E-state index contributed by atoms with van der Waals surface area (Å²) in [6.07, 6.45) is 0.527. The van der Waals surface area contributed by atoms with Crippen LogP contribution in [-0.4, -0.2) is 38.4 Å². The third kappa shape index (κ3) is 3.61. The van der Waals surface area contributed by atoms with Crippen molar-refractivity contribution < 1.29 is 23.1 Å². The fourth-order valence-corrected chi connectivity index (χ4v) is 4.57. The van der Waals surface area contributed by atoms with Gasteiger partial charge in [-0.25, -0.2) is 8.42 Å². The molecule has 0 radical (unpaired) electrons. The lowest BCUT2D eigenvalue weighted by atomic mass is 9.99. The number of halogens is 1. The fourth-order valence-electron chi connectivity index (χ4n) is 2.43. The van der Waals surface area contributed by atoms with Gasteiger partial charge in [-0.2, -0.15) is 4.31 Å². The highest BCUT2D eigenvalue weighted by atomic mass is 79.9. The Morgan fingerprint density at radius 2 is 2.05 bits per heavy atom. The second-order valence-electron chi connectivity index (χ2n) is 5.02. The number of nitrogens with zero attached hydrogens (tertiary/aromatic N) is 1. The van der Waals surface area contributed by atoms with Crippen molar-refractivity contribution in [1.29, 1.82) is 0 Å². The number of rotatable bonds is 5. The van der Waals surface area contributed by atoms with Gasteiger partial charge in [0.15, 0.2) is 0 Å². The maximum absolute atomic E-state index is 12.8. The molecule has 6 nitrogen and oxygen atoms in total. The standard InChI is InChI=1S/C14H18BrNO5S/c1-2-21-12-4-3-11(15)9-13(12)22(19,20)16-7-5-10(6-8-16)14(17)18/h3-4,9-10H,2,5-8H2,1H3,(H,17,18)/p-1. The van der Waals surface area contributed by atoms with Crippen molar-refractivity contribution in [2.24, 2.45) is 5.92 Å². The van der Waals surface area contributed by atoms with E-state index < -0.39 is 21.9 Å². The van der Waals surface area contributed by atoms with Crippen LogP contribution >= 0.6 is 15.9 Å². The Morgan fingerprint density at radius 1 is 1.41 bits per heavy atom. The molecule has 0 bridgehead atoms. The van der Waals surface area contributed by atoms with Crippen LogP contribution < -0.4 is 9.84 Å². The van der Waals surface area contributed by atoms with Gasteiger partial charge in [0.1, 0.15) is 10.6 Å². The number of carboxylic acid groups (broad SMARTS) is 1. The van der Waals surface area contributed by atoms with Gasteiger partial charge in [-0.1, -0.05) is 15.9 Å². The first-order chi connectivity index (χ1) is 10.4. The normalized spacial score (nSPS) is 17.4. The highest BCUT2D eigenvalue weighted by Gasteiger charge is 2.32. The zero-order valence-electron chi connectivity index (χ0n) is 12.1. The molecule has 1 fully saturated rings. The summed E-state index contributed by atoms with van der Waals surface area (Å²) in [6.45, 7) is 2.47. The quantitative estimate of drug-likeness (QED) is 0.748. The average molecular weight is 391 g/mol. The maximum atomic E-state index is 12.8. The predicted molar refractivity (Wildman–Crippen MR) is 81.8 cm³/mol. The van der Waals surface area contributed by atoms with Gasteiger partial charge in [-0.05, 0) is 38.0 Å². The second-order valence-corrected chi connectivity index (χ2v) is 7.84. The third-order valence-electron chi connectivity index (χ3n) is 3.61. The van der Waals surface area contributed by atoms with Crippen LogP contribution in [0.15, 0.2) is 27.6 Å². The van der Waals surface area contributed by atoms with Crippen molar-refractivity contribution in [1.82, 2.24) is 4.31 Å². The minimum absolute atomic E-state index is 0.0932. The lowest BCUT2D eigenvalue weighted by Crippen LogP contribution is -2.43. The molecule has 1 saturated heterocycles. The summed E-state index contributed by atoms with van der Waals surface area (Å²) in [7, 11) is -3.72. The van der Waals surface area contributed by atoms with Crippen molar-refractivity contribution in [3.05, 3.63) is 22.7 Å². The highest BCUT2D eigenvalue weighted by Crippen LogP contribution is 2.32. The second kappa shape index (κ2) is 6.97. The highest BCUT2D eigenvalue weighted by molar-refractivity contribution is 9.10. The van der Waals surface area contributed by atoms with Gasteiger partial charge in [0.2, 0.25) is 10.0 Å². The summed E-state index contributed by atoms with van der Waals surface area (Å²) >= 11 is 3.27. The molecule has 1 aliphatic heterocycles. The Bertz CT molecular complexity index is 653. The van der Waals surface area contributed by atoms with Gasteiger partial charge in [0, 0.05) is 29.4 Å². The number of hydrogen-bond acceptors (Lipinski definition) is 5.